The molecule has 50 valence electrons. The van der Waals surface area contributed by atoms with Gasteiger partial charge in [-0.2, -0.15) is 0 Å². The van der Waals surface area contributed by atoms with Gasteiger partial charge in [0.15, 0.2) is 6.23 Å². The van der Waals surface area contributed by atoms with Crippen LogP contribution in [0.25, 0.3) is 10.4 Å². The Morgan fingerprint density at radius 1 is 1.78 bits per heavy atom. The van der Waals surface area contributed by atoms with Crippen LogP contribution in [-0.2, 0) is 0 Å². The molecule has 0 saturated carbocycles. The molecule has 0 amide bonds. The monoisotopic (exact) mass is 127 g/mol. The third-order valence-electron chi connectivity index (χ3n) is 0.652. The van der Waals surface area contributed by atoms with E-state index in [2.05, 4.69) is 10.0 Å². The minimum atomic E-state index is -1.01. The van der Waals surface area contributed by atoms with Crippen LogP contribution in [0, 0.1) is 0 Å². The maximum atomic E-state index is 8.72. The Morgan fingerprint density at radius 2 is 2.33 bits per heavy atom. The summed E-state index contributed by atoms with van der Waals surface area (Å²) in [6, 6.07) is 0. The van der Waals surface area contributed by atoms with E-state index in [-0.39, 0.29) is 0 Å². The average Bonchev–Trinajstić information content (AvgIpc) is 1.63. The summed E-state index contributed by atoms with van der Waals surface area (Å²) in [7, 11) is 0. The summed E-state index contributed by atoms with van der Waals surface area (Å²) in [5, 5.41) is 11.7. The minimum Gasteiger partial charge on any atom is -0.383 e. The molecule has 4 nitrogen and oxygen atoms in total. The first-order valence-corrected chi connectivity index (χ1v) is 2.54. The number of allylic oxidation sites excluding steroid dienone is 1. The van der Waals surface area contributed by atoms with Crippen molar-refractivity contribution in [3.05, 3.63) is 22.1 Å². The van der Waals surface area contributed by atoms with E-state index in [4.69, 9.17) is 10.6 Å². The smallest absolute Gasteiger partial charge is 0.151 e. The van der Waals surface area contributed by atoms with E-state index in [0.29, 0.717) is 0 Å². The highest BCUT2D eigenvalue weighted by Crippen LogP contribution is 1.94. The molecule has 0 radical (unpaired) electrons. The van der Waals surface area contributed by atoms with Crippen molar-refractivity contribution in [3.8, 4) is 0 Å². The molecular weight excluding hydrogens is 118 g/mol. The Kier molecular flexibility index (Phi) is 3.51. The largest absolute Gasteiger partial charge is 0.383 e. The molecule has 1 N–H and O–H groups in total. The van der Waals surface area contributed by atoms with E-state index in [1.807, 2.05) is 13.8 Å². The van der Waals surface area contributed by atoms with Crippen LogP contribution in [0.4, 0.5) is 0 Å². The lowest BCUT2D eigenvalue weighted by Crippen LogP contribution is -1.94. The molecule has 0 bridgehead atoms. The second-order valence-electron chi connectivity index (χ2n) is 1.86. The van der Waals surface area contributed by atoms with Gasteiger partial charge in [0.2, 0.25) is 0 Å². The van der Waals surface area contributed by atoms with Gasteiger partial charge in [0.25, 0.3) is 0 Å². The van der Waals surface area contributed by atoms with Crippen molar-refractivity contribution < 1.29 is 5.11 Å². The molecule has 1 unspecified atom stereocenters. The van der Waals surface area contributed by atoms with Crippen LogP contribution in [0.15, 0.2) is 16.8 Å². The molecular formula is C5H9N3O. The second kappa shape index (κ2) is 3.95. The fourth-order valence-electron chi connectivity index (χ4n) is 0.384. The minimum absolute atomic E-state index is 0.926. The summed E-state index contributed by atoms with van der Waals surface area (Å²) < 4.78 is 0. The Balaban J connectivity index is 3.91. The van der Waals surface area contributed by atoms with Gasteiger partial charge in [0.1, 0.15) is 0 Å². The van der Waals surface area contributed by atoms with Crippen LogP contribution >= 0.6 is 0 Å². The molecule has 0 aromatic heterocycles. The number of aliphatic hydroxyl groups excluding tert-OH is 1. The summed E-state index contributed by atoms with van der Waals surface area (Å²) in [4.78, 5) is 2.42. The highest BCUT2D eigenvalue weighted by molar-refractivity contribution is 4.96. The van der Waals surface area contributed by atoms with Gasteiger partial charge < -0.3 is 5.11 Å². The highest BCUT2D eigenvalue weighted by Gasteiger charge is 1.90. The number of aliphatic hydroxyl groups is 1. The van der Waals surface area contributed by atoms with Crippen LogP contribution in [-0.4, -0.2) is 11.3 Å². The van der Waals surface area contributed by atoms with Crippen molar-refractivity contribution >= 4 is 0 Å². The summed E-state index contributed by atoms with van der Waals surface area (Å²) in [6.45, 7) is 3.63. The maximum absolute atomic E-state index is 8.72. The molecule has 4 heteroatoms. The predicted molar refractivity (Wildman–Crippen MR) is 34.6 cm³/mol. The Morgan fingerprint density at radius 3 is 2.67 bits per heavy atom. The van der Waals surface area contributed by atoms with Crippen molar-refractivity contribution in [1.82, 2.24) is 0 Å². The third kappa shape index (κ3) is 4.87. The van der Waals surface area contributed by atoms with Crippen molar-refractivity contribution in [2.45, 2.75) is 20.1 Å². The highest BCUT2D eigenvalue weighted by atomic mass is 16.3. The maximum Gasteiger partial charge on any atom is 0.151 e. The lowest BCUT2D eigenvalue weighted by molar-refractivity contribution is 0.230. The van der Waals surface area contributed by atoms with Crippen LogP contribution < -0.4 is 0 Å². The first-order valence-electron chi connectivity index (χ1n) is 2.54. The normalized spacial score (nSPS) is 11.4. The zero-order valence-electron chi connectivity index (χ0n) is 5.44. The molecule has 0 aliphatic carbocycles. The number of azide groups is 1. The first-order chi connectivity index (χ1) is 4.16. The zero-order valence-corrected chi connectivity index (χ0v) is 5.44. The third-order valence-corrected chi connectivity index (χ3v) is 0.652. The van der Waals surface area contributed by atoms with E-state index in [0.717, 1.165) is 5.57 Å². The average molecular weight is 127 g/mol. The predicted octanol–water partition coefficient (Wildman–Crippen LogP) is 1.58. The zero-order chi connectivity index (χ0) is 7.28. The number of hydrogen-bond donors (Lipinski definition) is 1. The number of hydrogen-bond acceptors (Lipinski definition) is 2. The number of nitrogens with zero attached hydrogens (tertiary/aromatic N) is 3. The van der Waals surface area contributed by atoms with E-state index in [1.54, 1.807) is 0 Å². The van der Waals surface area contributed by atoms with Crippen molar-refractivity contribution in [2.24, 2.45) is 5.11 Å². The first kappa shape index (κ1) is 8.01. The molecule has 0 spiro atoms. The van der Waals surface area contributed by atoms with Crippen LogP contribution in [0.5, 0.6) is 0 Å². The Hall–Kier alpha value is -0.990. The van der Waals surface area contributed by atoms with Gasteiger partial charge in [-0.05, 0) is 19.4 Å². The van der Waals surface area contributed by atoms with Crippen molar-refractivity contribution in [3.63, 3.8) is 0 Å². The topological polar surface area (TPSA) is 69.0 Å². The lowest BCUT2D eigenvalue weighted by atomic mass is 10.3. The molecule has 0 saturated heterocycles. The van der Waals surface area contributed by atoms with Gasteiger partial charge in [0.05, 0.1) is 0 Å². The molecule has 0 aromatic rings. The fourth-order valence-corrected chi connectivity index (χ4v) is 0.384. The van der Waals surface area contributed by atoms with E-state index in [1.165, 1.54) is 6.08 Å². The molecule has 0 aromatic carbocycles. The standard InChI is InChI=1S/C5H9N3O/c1-4(2)3-5(9)7-8-6/h3,5,9H,1-2H3. The van der Waals surface area contributed by atoms with Crippen molar-refractivity contribution in [2.75, 3.05) is 0 Å². The van der Waals surface area contributed by atoms with E-state index < -0.39 is 6.23 Å². The molecule has 0 fully saturated rings. The molecule has 0 aliphatic rings. The molecule has 1 atom stereocenters. The number of rotatable bonds is 2. The van der Waals surface area contributed by atoms with Gasteiger partial charge in [0, 0.05) is 4.91 Å². The van der Waals surface area contributed by atoms with E-state index in [9.17, 15) is 0 Å². The fraction of sp³-hybridized carbons (Fsp3) is 0.600. The van der Waals surface area contributed by atoms with Gasteiger partial charge in [-0.25, -0.2) is 0 Å². The summed E-state index contributed by atoms with van der Waals surface area (Å²) in [6.07, 6.45) is 0.458. The summed E-state index contributed by atoms with van der Waals surface area (Å²) in [5.74, 6) is 0. The molecule has 0 heterocycles. The quantitative estimate of drug-likeness (QED) is 0.260. The lowest BCUT2D eigenvalue weighted by Gasteiger charge is -1.93. The molecule has 0 rings (SSSR count). The van der Waals surface area contributed by atoms with Gasteiger partial charge in [-0.3, -0.25) is 0 Å². The Labute approximate surface area is 53.4 Å². The van der Waals surface area contributed by atoms with Crippen LogP contribution in [0.1, 0.15) is 13.8 Å². The molecule has 9 heavy (non-hydrogen) atoms. The van der Waals surface area contributed by atoms with Gasteiger partial charge in [-0.1, -0.05) is 16.8 Å². The second-order valence-corrected chi connectivity index (χ2v) is 1.86. The van der Waals surface area contributed by atoms with Gasteiger partial charge in [-0.15, -0.1) is 0 Å². The van der Waals surface area contributed by atoms with E-state index >= 15 is 0 Å². The van der Waals surface area contributed by atoms with Crippen molar-refractivity contribution in [1.29, 1.82) is 0 Å². The van der Waals surface area contributed by atoms with Crippen LogP contribution in [0.3, 0.4) is 0 Å². The molecule has 0 aliphatic heterocycles. The summed E-state index contributed by atoms with van der Waals surface area (Å²) in [5.41, 5.74) is 8.74. The van der Waals surface area contributed by atoms with Crippen LogP contribution in [0.2, 0.25) is 0 Å². The summed E-state index contributed by atoms with van der Waals surface area (Å²) >= 11 is 0. The Bertz CT molecular complexity index is 154. The SMILES string of the molecule is CC(C)=CC(O)N=[N+]=[N-]. The van der Waals surface area contributed by atoms with Gasteiger partial charge >= 0.3 is 0 Å².